The zero-order chi connectivity index (χ0) is 30.7. The highest BCUT2D eigenvalue weighted by atomic mass is 32.2. The molecule has 0 saturated heterocycles. The van der Waals surface area contributed by atoms with Crippen molar-refractivity contribution in [1.29, 1.82) is 0 Å². The average Bonchev–Trinajstić information content (AvgIpc) is 2.95. The van der Waals surface area contributed by atoms with Gasteiger partial charge in [0, 0.05) is 17.5 Å². The second-order valence-corrected chi connectivity index (χ2v) is 10.3. The molecule has 0 aliphatic carbocycles. The molecule has 0 bridgehead atoms. The Bertz CT molecular complexity index is 2080. The maximum Gasteiger partial charge on any atom is 0.296 e. The fourth-order valence-corrected chi connectivity index (χ4v) is 4.49. The number of aromatic hydroxyl groups is 5. The van der Waals surface area contributed by atoms with E-state index in [1.165, 1.54) is 54.6 Å². The molecule has 5 aromatic rings. The molecular formula is C28H20N6O8S. The van der Waals surface area contributed by atoms with Crippen LogP contribution in [0.1, 0.15) is 0 Å². The van der Waals surface area contributed by atoms with Crippen LogP contribution in [-0.4, -0.2) is 38.5 Å². The van der Waals surface area contributed by atoms with Gasteiger partial charge in [-0.1, -0.05) is 6.07 Å². The van der Waals surface area contributed by atoms with Crippen molar-refractivity contribution in [2.75, 3.05) is 0 Å². The Hall–Kier alpha value is -5.93. The van der Waals surface area contributed by atoms with Gasteiger partial charge in [0.2, 0.25) is 0 Å². The normalized spacial score (nSPS) is 12.2. The Morgan fingerprint density at radius 2 is 1.07 bits per heavy atom. The van der Waals surface area contributed by atoms with E-state index in [1.54, 1.807) is 12.1 Å². The summed E-state index contributed by atoms with van der Waals surface area (Å²) in [5.74, 6) is -1.47. The molecule has 0 aliphatic rings. The summed E-state index contributed by atoms with van der Waals surface area (Å²) in [6, 6.07) is 19.0. The lowest BCUT2D eigenvalue weighted by Crippen LogP contribution is -1.99. The molecule has 0 amide bonds. The van der Waals surface area contributed by atoms with Crippen molar-refractivity contribution in [1.82, 2.24) is 0 Å². The number of hydrogen-bond acceptors (Lipinski definition) is 13. The third-order valence-corrected chi connectivity index (χ3v) is 6.74. The molecule has 0 unspecified atom stereocenters. The second-order valence-electron chi connectivity index (χ2n) is 8.92. The molecule has 0 spiro atoms. The van der Waals surface area contributed by atoms with Crippen LogP contribution in [0, 0.1) is 0 Å². The van der Waals surface area contributed by atoms with Crippen LogP contribution in [0.15, 0.2) is 121 Å². The molecule has 5 rings (SSSR count). The van der Waals surface area contributed by atoms with E-state index >= 15 is 0 Å². The van der Waals surface area contributed by atoms with Gasteiger partial charge in [-0.2, -0.15) is 23.8 Å². The van der Waals surface area contributed by atoms with Crippen LogP contribution in [0.4, 0.5) is 34.1 Å². The highest BCUT2D eigenvalue weighted by molar-refractivity contribution is 7.86. The number of rotatable bonds is 7. The number of phenols is 5. The molecule has 0 aliphatic heterocycles. The molecule has 0 heterocycles. The van der Waals surface area contributed by atoms with E-state index in [0.29, 0.717) is 5.69 Å². The molecule has 5 aromatic carbocycles. The molecule has 43 heavy (non-hydrogen) atoms. The topological polar surface area (TPSA) is 230 Å². The standard InChI is InChI=1S/C28H20N6O8S/c35-19-5-8-22(24(37)13-19)32-29-16-2-1-3-17(12-16)31-34-27-26(43(40,41)42)11-15-10-18(4-7-21(15)28(27)39)30-33-23-9-6-20(36)14-25(23)38/h1-14,35-39H,(H,40,41,42). The summed E-state index contributed by atoms with van der Waals surface area (Å²) in [6.07, 6.45) is 0. The van der Waals surface area contributed by atoms with Gasteiger partial charge in [0.15, 0.2) is 5.75 Å². The summed E-state index contributed by atoms with van der Waals surface area (Å²) >= 11 is 0. The van der Waals surface area contributed by atoms with Crippen LogP contribution in [0.25, 0.3) is 10.8 Å². The van der Waals surface area contributed by atoms with Gasteiger partial charge < -0.3 is 25.5 Å². The van der Waals surface area contributed by atoms with Crippen molar-refractivity contribution < 1.29 is 38.5 Å². The Labute approximate surface area is 242 Å². The summed E-state index contributed by atoms with van der Waals surface area (Å²) in [5.41, 5.74) is 0.372. The molecule has 0 aromatic heterocycles. The Morgan fingerprint density at radius 3 is 1.60 bits per heavy atom. The van der Waals surface area contributed by atoms with Crippen molar-refractivity contribution in [3.8, 4) is 28.7 Å². The lowest BCUT2D eigenvalue weighted by Gasteiger charge is -2.09. The zero-order valence-electron chi connectivity index (χ0n) is 21.7. The van der Waals surface area contributed by atoms with Gasteiger partial charge in [-0.25, -0.2) is 0 Å². The fourth-order valence-electron chi connectivity index (χ4n) is 3.84. The minimum Gasteiger partial charge on any atom is -0.508 e. The number of nitrogens with zero attached hydrogens (tertiary/aromatic N) is 6. The Kier molecular flexibility index (Phi) is 7.66. The molecule has 0 saturated carbocycles. The van der Waals surface area contributed by atoms with Gasteiger partial charge in [0.25, 0.3) is 10.1 Å². The largest absolute Gasteiger partial charge is 0.508 e. The quantitative estimate of drug-likeness (QED) is 0.0793. The number of azo groups is 3. The molecular weight excluding hydrogens is 580 g/mol. The summed E-state index contributed by atoms with van der Waals surface area (Å²) in [6.45, 7) is 0. The number of hydrogen-bond donors (Lipinski definition) is 6. The van der Waals surface area contributed by atoms with Crippen LogP contribution in [0.5, 0.6) is 28.7 Å². The maximum absolute atomic E-state index is 12.2. The number of benzene rings is 5. The van der Waals surface area contributed by atoms with Crippen LogP contribution >= 0.6 is 0 Å². The van der Waals surface area contributed by atoms with Crippen molar-refractivity contribution in [3.63, 3.8) is 0 Å². The van der Waals surface area contributed by atoms with E-state index in [0.717, 1.165) is 18.2 Å². The average molecular weight is 601 g/mol. The highest BCUT2D eigenvalue weighted by Crippen LogP contribution is 2.43. The minimum absolute atomic E-state index is 0.0687. The smallest absolute Gasteiger partial charge is 0.296 e. The Morgan fingerprint density at radius 1 is 0.535 bits per heavy atom. The van der Waals surface area contributed by atoms with E-state index in [4.69, 9.17) is 0 Å². The Balaban J connectivity index is 1.47. The van der Waals surface area contributed by atoms with Crippen molar-refractivity contribution in [2.24, 2.45) is 30.7 Å². The van der Waals surface area contributed by atoms with Crippen molar-refractivity contribution in [2.45, 2.75) is 4.90 Å². The predicted octanol–water partition coefficient (Wildman–Crippen LogP) is 7.86. The number of fused-ring (bicyclic) bond motifs is 1. The van der Waals surface area contributed by atoms with Crippen LogP contribution in [0.3, 0.4) is 0 Å². The van der Waals surface area contributed by atoms with Crippen LogP contribution in [0.2, 0.25) is 0 Å². The third kappa shape index (κ3) is 6.53. The van der Waals surface area contributed by atoms with Gasteiger partial charge in [-0.3, -0.25) is 4.55 Å². The van der Waals surface area contributed by atoms with Gasteiger partial charge in [-0.15, -0.1) is 15.3 Å². The minimum atomic E-state index is -4.88. The summed E-state index contributed by atoms with van der Waals surface area (Å²) in [7, 11) is -4.88. The molecule has 0 fully saturated rings. The monoisotopic (exact) mass is 600 g/mol. The van der Waals surface area contributed by atoms with Gasteiger partial charge in [0.05, 0.1) is 17.1 Å². The second kappa shape index (κ2) is 11.5. The molecule has 14 nitrogen and oxygen atoms in total. The van der Waals surface area contributed by atoms with Crippen molar-refractivity contribution in [3.05, 3.63) is 84.9 Å². The summed E-state index contributed by atoms with van der Waals surface area (Å²) < 4.78 is 34.4. The van der Waals surface area contributed by atoms with E-state index in [9.17, 15) is 38.5 Å². The van der Waals surface area contributed by atoms with E-state index in [-0.39, 0.29) is 56.5 Å². The predicted molar refractivity (Wildman–Crippen MR) is 154 cm³/mol. The van der Waals surface area contributed by atoms with Gasteiger partial charge in [0.1, 0.15) is 45.0 Å². The molecule has 6 N–H and O–H groups in total. The fraction of sp³-hybridized carbons (Fsp3) is 0. The lowest BCUT2D eigenvalue weighted by molar-refractivity contribution is 0.450. The van der Waals surface area contributed by atoms with E-state index < -0.39 is 26.5 Å². The zero-order valence-corrected chi connectivity index (χ0v) is 22.5. The first-order valence-corrected chi connectivity index (χ1v) is 13.6. The molecule has 0 atom stereocenters. The highest BCUT2D eigenvalue weighted by Gasteiger charge is 2.22. The van der Waals surface area contributed by atoms with E-state index in [1.807, 2.05) is 0 Å². The summed E-state index contributed by atoms with van der Waals surface area (Å²) in [5, 5.41) is 73.5. The SMILES string of the molecule is O=S(=O)(O)c1cc2cc(N=Nc3ccc(O)cc3O)ccc2c(O)c1N=Nc1cccc(N=Nc2ccc(O)cc2O)c1. The van der Waals surface area contributed by atoms with Crippen LogP contribution < -0.4 is 0 Å². The molecule has 15 heteroatoms. The van der Waals surface area contributed by atoms with Crippen LogP contribution in [-0.2, 0) is 10.1 Å². The lowest BCUT2D eigenvalue weighted by atomic mass is 10.1. The van der Waals surface area contributed by atoms with Gasteiger partial charge in [-0.05, 0) is 72.1 Å². The third-order valence-electron chi connectivity index (χ3n) is 5.87. The first-order chi connectivity index (χ1) is 20.5. The summed E-state index contributed by atoms with van der Waals surface area (Å²) in [4.78, 5) is -0.717. The van der Waals surface area contributed by atoms with E-state index in [2.05, 4.69) is 30.7 Å². The molecule has 216 valence electrons. The first kappa shape index (κ1) is 28.6. The number of phenolic OH excluding ortho intramolecular Hbond substituents is 5. The van der Waals surface area contributed by atoms with Gasteiger partial charge >= 0.3 is 0 Å². The van der Waals surface area contributed by atoms with Crippen molar-refractivity contribution >= 4 is 55.0 Å². The maximum atomic E-state index is 12.2. The first-order valence-electron chi connectivity index (χ1n) is 12.1. The molecule has 0 radical (unpaired) electrons.